The zero-order chi connectivity index (χ0) is 17.9. The molecule has 24 heavy (non-hydrogen) atoms. The summed E-state index contributed by atoms with van der Waals surface area (Å²) in [5.74, 6) is -1.41. The van der Waals surface area contributed by atoms with E-state index in [-0.39, 0.29) is 29.6 Å². The molecule has 2 N–H and O–H groups in total. The normalized spacial score (nSPS) is 12.0. The summed E-state index contributed by atoms with van der Waals surface area (Å²) in [4.78, 5) is 23.3. The molecule has 1 amide bonds. The van der Waals surface area contributed by atoms with Gasteiger partial charge in [-0.05, 0) is 24.6 Å². The third-order valence-corrected chi connectivity index (χ3v) is 4.31. The summed E-state index contributed by atoms with van der Waals surface area (Å²) < 4.78 is 5.17. The number of furan rings is 1. The van der Waals surface area contributed by atoms with E-state index in [4.69, 9.17) is 32.7 Å². The van der Waals surface area contributed by atoms with Gasteiger partial charge in [0.2, 0.25) is 0 Å². The molecular weight excluding hydrogens is 353 g/mol. The van der Waals surface area contributed by atoms with Crippen LogP contribution in [0.4, 0.5) is 0 Å². The molecule has 0 aliphatic heterocycles. The molecule has 2 rings (SSSR count). The topological polar surface area (TPSA) is 79.5 Å². The van der Waals surface area contributed by atoms with Crippen LogP contribution in [0.1, 0.15) is 40.1 Å². The van der Waals surface area contributed by atoms with Crippen LogP contribution < -0.4 is 5.32 Å². The van der Waals surface area contributed by atoms with Crippen LogP contribution in [0.25, 0.3) is 0 Å². The molecule has 0 fully saturated rings. The minimum atomic E-state index is -1.06. The fraction of sp³-hybridized carbons (Fsp3) is 0.294. The number of carbonyl (C=O) groups is 2. The average molecular weight is 370 g/mol. The van der Waals surface area contributed by atoms with Crippen LogP contribution >= 0.6 is 23.2 Å². The van der Waals surface area contributed by atoms with Crippen LogP contribution in [0.15, 0.2) is 28.9 Å². The molecule has 0 saturated heterocycles. The SMILES string of the molecule is Cc1coc(CC(=O)O)c1C(=O)NCC(C)c1c(Cl)cccc1Cl. The first-order chi connectivity index (χ1) is 11.3. The highest BCUT2D eigenvalue weighted by molar-refractivity contribution is 6.36. The van der Waals surface area contributed by atoms with Gasteiger partial charge < -0.3 is 14.8 Å². The second-order valence-electron chi connectivity index (χ2n) is 5.53. The minimum Gasteiger partial charge on any atom is -0.481 e. The van der Waals surface area contributed by atoms with Gasteiger partial charge >= 0.3 is 5.97 Å². The Hall–Kier alpha value is -1.98. The number of carbonyl (C=O) groups excluding carboxylic acids is 1. The van der Waals surface area contributed by atoms with Crippen LogP contribution in [0.3, 0.4) is 0 Å². The molecule has 0 saturated carbocycles. The summed E-state index contributed by atoms with van der Waals surface area (Å²) in [5.41, 5.74) is 1.61. The van der Waals surface area contributed by atoms with Gasteiger partial charge in [-0.1, -0.05) is 36.2 Å². The van der Waals surface area contributed by atoms with Crippen molar-refractivity contribution in [2.45, 2.75) is 26.2 Å². The van der Waals surface area contributed by atoms with Crippen molar-refractivity contribution in [1.82, 2.24) is 5.32 Å². The fourth-order valence-electron chi connectivity index (χ4n) is 2.49. The first kappa shape index (κ1) is 18.4. The highest BCUT2D eigenvalue weighted by Crippen LogP contribution is 2.31. The van der Waals surface area contributed by atoms with Crippen LogP contribution in [0, 0.1) is 6.92 Å². The molecule has 1 heterocycles. The van der Waals surface area contributed by atoms with Crippen molar-refractivity contribution < 1.29 is 19.1 Å². The number of benzene rings is 1. The summed E-state index contributed by atoms with van der Waals surface area (Å²) in [6.07, 6.45) is 1.03. The molecule has 1 unspecified atom stereocenters. The molecule has 0 spiro atoms. The Morgan fingerprint density at radius 1 is 1.29 bits per heavy atom. The molecule has 2 aromatic rings. The lowest BCUT2D eigenvalue weighted by Gasteiger charge is -2.16. The molecule has 0 aliphatic rings. The van der Waals surface area contributed by atoms with Gasteiger partial charge in [-0.15, -0.1) is 0 Å². The van der Waals surface area contributed by atoms with Gasteiger partial charge in [0, 0.05) is 28.1 Å². The first-order valence-corrected chi connectivity index (χ1v) is 8.07. The number of nitrogens with one attached hydrogen (secondary N) is 1. The molecule has 1 aromatic carbocycles. The lowest BCUT2D eigenvalue weighted by molar-refractivity contribution is -0.136. The molecule has 0 bridgehead atoms. The van der Waals surface area contributed by atoms with Crippen LogP contribution in [-0.2, 0) is 11.2 Å². The molecule has 1 atom stereocenters. The molecule has 5 nitrogen and oxygen atoms in total. The van der Waals surface area contributed by atoms with Gasteiger partial charge in [-0.3, -0.25) is 9.59 Å². The first-order valence-electron chi connectivity index (χ1n) is 7.32. The minimum absolute atomic E-state index is 0.106. The monoisotopic (exact) mass is 369 g/mol. The number of halogens is 2. The maximum absolute atomic E-state index is 12.4. The van der Waals surface area contributed by atoms with E-state index in [2.05, 4.69) is 5.32 Å². The predicted octanol–water partition coefficient (Wildman–Crippen LogP) is 4.06. The Morgan fingerprint density at radius 2 is 1.92 bits per heavy atom. The quantitative estimate of drug-likeness (QED) is 0.804. The second kappa shape index (κ2) is 7.73. The number of amides is 1. The summed E-state index contributed by atoms with van der Waals surface area (Å²) in [7, 11) is 0. The van der Waals surface area contributed by atoms with Crippen molar-refractivity contribution in [2.75, 3.05) is 6.54 Å². The lowest BCUT2D eigenvalue weighted by atomic mass is 10.0. The van der Waals surface area contributed by atoms with Crippen molar-refractivity contribution in [1.29, 1.82) is 0 Å². The molecule has 128 valence electrons. The third kappa shape index (κ3) is 4.10. The largest absolute Gasteiger partial charge is 0.481 e. The molecule has 1 aromatic heterocycles. The van der Waals surface area contributed by atoms with Gasteiger partial charge in [0.05, 0.1) is 11.8 Å². The van der Waals surface area contributed by atoms with Gasteiger partial charge in [-0.25, -0.2) is 0 Å². The number of aliphatic carboxylic acids is 1. The average Bonchev–Trinajstić information content (AvgIpc) is 2.84. The zero-order valence-corrected chi connectivity index (χ0v) is 14.7. The number of aryl methyl sites for hydroxylation is 1. The maximum Gasteiger partial charge on any atom is 0.311 e. The number of hydrogen-bond donors (Lipinski definition) is 2. The molecule has 7 heteroatoms. The Balaban J connectivity index is 2.11. The van der Waals surface area contributed by atoms with Crippen LogP contribution in [0.5, 0.6) is 0 Å². The van der Waals surface area contributed by atoms with E-state index in [9.17, 15) is 9.59 Å². The Kier molecular flexibility index (Phi) is 5.91. The van der Waals surface area contributed by atoms with Gasteiger partial charge in [0.1, 0.15) is 12.2 Å². The predicted molar refractivity (Wildman–Crippen MR) is 92.0 cm³/mol. The summed E-state index contributed by atoms with van der Waals surface area (Å²) in [6.45, 7) is 3.89. The van der Waals surface area contributed by atoms with E-state index in [1.807, 2.05) is 6.92 Å². The van der Waals surface area contributed by atoms with E-state index >= 15 is 0 Å². The summed E-state index contributed by atoms with van der Waals surface area (Å²) in [5, 5.41) is 12.7. The molecule has 0 aliphatic carbocycles. The van der Waals surface area contributed by atoms with Crippen molar-refractivity contribution in [3.63, 3.8) is 0 Å². The van der Waals surface area contributed by atoms with Gasteiger partial charge in [-0.2, -0.15) is 0 Å². The fourth-order valence-corrected chi connectivity index (χ4v) is 3.26. The third-order valence-electron chi connectivity index (χ3n) is 3.65. The van der Waals surface area contributed by atoms with E-state index in [0.717, 1.165) is 5.56 Å². The Labute approximate surface area is 149 Å². The molecule has 0 radical (unpaired) electrons. The maximum atomic E-state index is 12.4. The van der Waals surface area contributed by atoms with Gasteiger partial charge in [0.25, 0.3) is 5.91 Å². The van der Waals surface area contributed by atoms with Crippen molar-refractivity contribution in [2.24, 2.45) is 0 Å². The van der Waals surface area contributed by atoms with Crippen molar-refractivity contribution in [3.8, 4) is 0 Å². The smallest absolute Gasteiger partial charge is 0.311 e. The Morgan fingerprint density at radius 3 is 2.50 bits per heavy atom. The second-order valence-corrected chi connectivity index (χ2v) is 6.35. The zero-order valence-electron chi connectivity index (χ0n) is 13.2. The van der Waals surface area contributed by atoms with Crippen molar-refractivity contribution >= 4 is 35.1 Å². The van der Waals surface area contributed by atoms with Crippen LogP contribution in [0.2, 0.25) is 10.0 Å². The van der Waals surface area contributed by atoms with E-state index in [0.29, 0.717) is 22.2 Å². The highest BCUT2D eigenvalue weighted by atomic mass is 35.5. The number of rotatable bonds is 6. The van der Waals surface area contributed by atoms with Crippen molar-refractivity contribution in [3.05, 3.63) is 57.0 Å². The van der Waals surface area contributed by atoms with Gasteiger partial charge in [0.15, 0.2) is 0 Å². The lowest BCUT2D eigenvalue weighted by Crippen LogP contribution is -2.29. The highest BCUT2D eigenvalue weighted by Gasteiger charge is 2.21. The van der Waals surface area contributed by atoms with E-state index in [1.54, 1.807) is 25.1 Å². The van der Waals surface area contributed by atoms with E-state index < -0.39 is 5.97 Å². The number of hydrogen-bond acceptors (Lipinski definition) is 3. The van der Waals surface area contributed by atoms with E-state index in [1.165, 1.54) is 6.26 Å². The summed E-state index contributed by atoms with van der Waals surface area (Å²) in [6, 6.07) is 5.24. The standard InChI is InChI=1S/C17H17Cl2NO4/c1-9(15-11(18)4-3-5-12(15)19)7-20-17(23)16-10(2)8-24-13(16)6-14(21)22/h3-5,8-9H,6-7H2,1-2H3,(H,20,23)(H,21,22). The number of carboxylic acid groups (broad SMARTS) is 1. The number of carboxylic acids is 1. The Bertz CT molecular complexity index is 750. The summed E-state index contributed by atoms with van der Waals surface area (Å²) >= 11 is 12.3. The van der Waals surface area contributed by atoms with Crippen LogP contribution in [-0.4, -0.2) is 23.5 Å². The molecular formula is C17H17Cl2NO4.